The second-order valence-electron chi connectivity index (χ2n) is 4.84. The van der Waals surface area contributed by atoms with E-state index in [-0.39, 0.29) is 26.8 Å². The summed E-state index contributed by atoms with van der Waals surface area (Å²) >= 11 is 0. The fraction of sp³-hybridized carbons (Fsp3) is 0.333. The molecular formula is C21H30O4. The second-order valence-corrected chi connectivity index (χ2v) is 4.84. The fourth-order valence-electron chi connectivity index (χ4n) is 1.92. The van der Waals surface area contributed by atoms with E-state index in [0.717, 1.165) is 11.1 Å². The first-order valence-corrected chi connectivity index (χ1v) is 7.38. The number of rotatable bonds is 3. The number of methoxy groups -OCH3 is 1. The first-order valence-electron chi connectivity index (χ1n) is 7.38. The van der Waals surface area contributed by atoms with Crippen LogP contribution >= 0.6 is 0 Å². The summed E-state index contributed by atoms with van der Waals surface area (Å²) in [5.41, 5.74) is 3.18. The van der Waals surface area contributed by atoms with Gasteiger partial charge in [0.15, 0.2) is 0 Å². The molecule has 0 aliphatic heterocycles. The van der Waals surface area contributed by atoms with E-state index in [1.54, 1.807) is 19.1 Å². The third kappa shape index (κ3) is 7.66. The van der Waals surface area contributed by atoms with Crippen LogP contribution in [0.15, 0.2) is 48.5 Å². The van der Waals surface area contributed by atoms with Gasteiger partial charge in [0.05, 0.1) is 24.8 Å². The van der Waals surface area contributed by atoms with E-state index in [0.29, 0.717) is 17.7 Å². The Kier molecular flexibility index (Phi) is 12.6. The average molecular weight is 346 g/mol. The number of esters is 2. The molecule has 138 valence electrons. The zero-order chi connectivity index (χ0) is 17.2. The lowest BCUT2D eigenvalue weighted by atomic mass is 10.1. The van der Waals surface area contributed by atoms with Gasteiger partial charge in [-0.05, 0) is 44.0 Å². The molecule has 0 atom stereocenters. The molecule has 2 aromatic carbocycles. The molecule has 4 nitrogen and oxygen atoms in total. The lowest BCUT2D eigenvalue weighted by molar-refractivity contribution is 0.0524. The van der Waals surface area contributed by atoms with Crippen LogP contribution in [0, 0.1) is 13.8 Å². The molecule has 0 spiro atoms. The molecule has 0 heterocycles. The predicted octanol–water partition coefficient (Wildman–Crippen LogP) is 5.23. The quantitative estimate of drug-likeness (QED) is 0.715. The molecule has 0 aromatic heterocycles. The summed E-state index contributed by atoms with van der Waals surface area (Å²) in [5.74, 6) is -0.515. The van der Waals surface area contributed by atoms with Crippen LogP contribution in [-0.2, 0) is 9.47 Å². The number of benzene rings is 2. The van der Waals surface area contributed by atoms with Crippen molar-refractivity contribution in [3.8, 4) is 0 Å². The molecule has 25 heavy (non-hydrogen) atoms. The van der Waals surface area contributed by atoms with Gasteiger partial charge in [-0.2, -0.15) is 0 Å². The van der Waals surface area contributed by atoms with Gasteiger partial charge in [-0.1, -0.05) is 51.3 Å². The molecule has 0 aliphatic carbocycles. The minimum atomic E-state index is -0.275. The molecule has 0 aliphatic rings. The summed E-state index contributed by atoms with van der Waals surface area (Å²) in [6.45, 7) is 6.00. The van der Waals surface area contributed by atoms with Crippen molar-refractivity contribution in [2.24, 2.45) is 0 Å². The molecule has 0 fully saturated rings. The van der Waals surface area contributed by atoms with Gasteiger partial charge in [-0.3, -0.25) is 0 Å². The largest absolute Gasteiger partial charge is 0.465 e. The maximum Gasteiger partial charge on any atom is 0.338 e. The van der Waals surface area contributed by atoms with Crippen LogP contribution in [0.5, 0.6) is 0 Å². The zero-order valence-corrected chi connectivity index (χ0v) is 14.0. The van der Waals surface area contributed by atoms with Crippen molar-refractivity contribution in [1.29, 1.82) is 0 Å². The summed E-state index contributed by atoms with van der Waals surface area (Å²) in [4.78, 5) is 22.3. The van der Waals surface area contributed by atoms with Gasteiger partial charge in [0.25, 0.3) is 0 Å². The SMILES string of the molecule is C.C.CCOC(=O)c1ccccc1C.COC(=O)c1ccccc1C. The average Bonchev–Trinajstić information content (AvgIpc) is 2.56. The highest BCUT2D eigenvalue weighted by molar-refractivity contribution is 5.91. The van der Waals surface area contributed by atoms with E-state index in [1.807, 2.05) is 50.2 Å². The highest BCUT2D eigenvalue weighted by Crippen LogP contribution is 2.08. The molecule has 0 radical (unpaired) electrons. The maximum absolute atomic E-state index is 11.2. The van der Waals surface area contributed by atoms with E-state index < -0.39 is 0 Å². The van der Waals surface area contributed by atoms with Crippen molar-refractivity contribution in [2.45, 2.75) is 35.6 Å². The first-order chi connectivity index (χ1) is 11.0. The summed E-state index contributed by atoms with van der Waals surface area (Å²) in [5, 5.41) is 0. The molecule has 4 heteroatoms. The molecule has 2 aromatic rings. The molecule has 0 unspecified atom stereocenters. The van der Waals surface area contributed by atoms with Crippen LogP contribution in [0.25, 0.3) is 0 Å². The van der Waals surface area contributed by atoms with Crippen molar-refractivity contribution in [3.63, 3.8) is 0 Å². The predicted molar refractivity (Wildman–Crippen MR) is 103 cm³/mol. The fourth-order valence-corrected chi connectivity index (χ4v) is 1.92. The third-order valence-corrected chi connectivity index (χ3v) is 3.19. The van der Waals surface area contributed by atoms with Gasteiger partial charge >= 0.3 is 11.9 Å². The normalized spacial score (nSPS) is 8.64. The van der Waals surface area contributed by atoms with Crippen molar-refractivity contribution in [2.75, 3.05) is 13.7 Å². The topological polar surface area (TPSA) is 52.6 Å². The summed E-state index contributed by atoms with van der Waals surface area (Å²) in [6.07, 6.45) is 0. The Morgan fingerprint density at radius 1 is 0.800 bits per heavy atom. The van der Waals surface area contributed by atoms with E-state index in [1.165, 1.54) is 7.11 Å². The van der Waals surface area contributed by atoms with Crippen LogP contribution in [0.3, 0.4) is 0 Å². The van der Waals surface area contributed by atoms with Gasteiger partial charge in [-0.15, -0.1) is 0 Å². The molecule has 0 saturated carbocycles. The minimum Gasteiger partial charge on any atom is -0.465 e. The first kappa shape index (κ1) is 24.6. The Bertz CT molecular complexity index is 662. The Morgan fingerprint density at radius 2 is 1.20 bits per heavy atom. The maximum atomic E-state index is 11.2. The van der Waals surface area contributed by atoms with Crippen molar-refractivity contribution < 1.29 is 19.1 Å². The standard InChI is InChI=1S/C10H12O2.C9H10O2.2CH4/c1-3-12-10(11)9-7-5-4-6-8(9)2;1-7-5-3-4-6-8(7)9(10)11-2;;/h4-7H,3H2,1-2H3;3-6H,1-2H3;2*1H4. The minimum absolute atomic E-state index is 0. The zero-order valence-electron chi connectivity index (χ0n) is 14.0. The van der Waals surface area contributed by atoms with E-state index in [4.69, 9.17) is 4.74 Å². The Labute approximate surface area is 151 Å². The number of carbonyl (C=O) groups excluding carboxylic acids is 2. The van der Waals surface area contributed by atoms with Crippen LogP contribution in [0.1, 0.15) is 53.6 Å². The molecule has 0 bridgehead atoms. The highest BCUT2D eigenvalue weighted by atomic mass is 16.5. The summed E-state index contributed by atoms with van der Waals surface area (Å²) < 4.78 is 9.45. The van der Waals surface area contributed by atoms with Gasteiger partial charge in [0.1, 0.15) is 0 Å². The van der Waals surface area contributed by atoms with Crippen LogP contribution < -0.4 is 0 Å². The van der Waals surface area contributed by atoms with E-state index in [2.05, 4.69) is 4.74 Å². The summed E-state index contributed by atoms with van der Waals surface area (Å²) in [6, 6.07) is 14.7. The lowest BCUT2D eigenvalue weighted by Gasteiger charge is -2.03. The number of hydrogen-bond donors (Lipinski definition) is 0. The Morgan fingerprint density at radius 3 is 1.56 bits per heavy atom. The van der Waals surface area contributed by atoms with Gasteiger partial charge < -0.3 is 9.47 Å². The number of hydrogen-bond acceptors (Lipinski definition) is 4. The smallest absolute Gasteiger partial charge is 0.338 e. The number of ether oxygens (including phenoxy) is 2. The van der Waals surface area contributed by atoms with Crippen molar-refractivity contribution >= 4 is 11.9 Å². The summed E-state index contributed by atoms with van der Waals surface area (Å²) in [7, 11) is 1.38. The van der Waals surface area contributed by atoms with Gasteiger partial charge in [0.2, 0.25) is 0 Å². The van der Waals surface area contributed by atoms with Crippen LogP contribution in [0.4, 0.5) is 0 Å². The van der Waals surface area contributed by atoms with Crippen molar-refractivity contribution in [1.82, 2.24) is 0 Å². The number of aryl methyl sites for hydroxylation is 2. The van der Waals surface area contributed by atoms with E-state index >= 15 is 0 Å². The molecule has 0 saturated heterocycles. The molecular weight excluding hydrogens is 316 g/mol. The molecule has 0 amide bonds. The van der Waals surface area contributed by atoms with Gasteiger partial charge in [0, 0.05) is 0 Å². The Hall–Kier alpha value is -2.62. The highest BCUT2D eigenvalue weighted by Gasteiger charge is 2.07. The monoisotopic (exact) mass is 346 g/mol. The number of carbonyl (C=O) groups is 2. The molecule has 2 rings (SSSR count). The lowest BCUT2D eigenvalue weighted by Crippen LogP contribution is -2.05. The Balaban J connectivity index is 0. The third-order valence-electron chi connectivity index (χ3n) is 3.19. The van der Waals surface area contributed by atoms with Crippen LogP contribution in [0.2, 0.25) is 0 Å². The second kappa shape index (κ2) is 12.8. The van der Waals surface area contributed by atoms with Crippen molar-refractivity contribution in [3.05, 3.63) is 70.8 Å². The molecule has 0 N–H and O–H groups in total. The van der Waals surface area contributed by atoms with E-state index in [9.17, 15) is 9.59 Å². The van der Waals surface area contributed by atoms with Crippen LogP contribution in [-0.4, -0.2) is 25.7 Å². The van der Waals surface area contributed by atoms with Gasteiger partial charge in [-0.25, -0.2) is 9.59 Å².